The summed E-state index contributed by atoms with van der Waals surface area (Å²) in [6.45, 7) is 0.853. The number of aliphatic carboxylic acids is 1. The molecule has 29 heavy (non-hydrogen) atoms. The number of benzene rings is 2. The van der Waals surface area contributed by atoms with Crippen molar-refractivity contribution in [1.82, 2.24) is 9.88 Å². The first kappa shape index (κ1) is 19.1. The Bertz CT molecular complexity index is 1070. The minimum absolute atomic E-state index is 0.0847. The van der Waals surface area contributed by atoms with Gasteiger partial charge in [0, 0.05) is 23.3 Å². The van der Waals surface area contributed by atoms with Gasteiger partial charge in [0.2, 0.25) is 5.91 Å². The number of ether oxygens (including phenoxy) is 1. The van der Waals surface area contributed by atoms with Crippen LogP contribution >= 0.6 is 0 Å². The number of carbonyl (C=O) groups is 2. The number of nitrogens with zero attached hydrogens (tertiary/aromatic N) is 1. The molecule has 0 aliphatic carbocycles. The van der Waals surface area contributed by atoms with Gasteiger partial charge < -0.3 is 19.7 Å². The highest BCUT2D eigenvalue weighted by Gasteiger charge is 2.31. The van der Waals surface area contributed by atoms with Crippen LogP contribution in [0.3, 0.4) is 0 Å². The molecule has 0 bridgehead atoms. The van der Waals surface area contributed by atoms with Crippen LogP contribution < -0.4 is 10.7 Å². The van der Waals surface area contributed by atoms with E-state index in [0.29, 0.717) is 41.4 Å². The average Bonchev–Trinajstić information content (AvgIpc) is 2.75. The monoisotopic (exact) mass is 394 g/mol. The number of hydrogen-bond donors (Lipinski definition) is 2. The lowest BCUT2D eigenvalue weighted by molar-refractivity contribution is -0.145. The van der Waals surface area contributed by atoms with Crippen molar-refractivity contribution in [2.75, 3.05) is 13.2 Å². The summed E-state index contributed by atoms with van der Waals surface area (Å²) in [6.07, 6.45) is 1.47. The lowest BCUT2D eigenvalue weighted by atomic mass is 9.93. The summed E-state index contributed by atoms with van der Waals surface area (Å²) in [5.74, 6) is -1.74. The lowest BCUT2D eigenvalue weighted by Crippen LogP contribution is -2.49. The minimum atomic E-state index is -1.07. The zero-order valence-electron chi connectivity index (χ0n) is 15.8. The molecule has 1 amide bonds. The molecule has 2 aromatic carbocycles. The number of hydrogen-bond acceptors (Lipinski definition) is 4. The van der Waals surface area contributed by atoms with E-state index in [0.717, 1.165) is 6.42 Å². The van der Waals surface area contributed by atoms with Gasteiger partial charge >= 0.3 is 5.97 Å². The Morgan fingerprint density at radius 3 is 2.28 bits per heavy atom. The van der Waals surface area contributed by atoms with Gasteiger partial charge in [-0.15, -0.1) is 0 Å². The Morgan fingerprint density at radius 1 is 1.10 bits per heavy atom. The van der Waals surface area contributed by atoms with Gasteiger partial charge in [-0.3, -0.25) is 9.59 Å². The fourth-order valence-corrected chi connectivity index (χ4v) is 4.02. The lowest BCUT2D eigenvalue weighted by Gasteiger charge is -2.28. The summed E-state index contributed by atoms with van der Waals surface area (Å²) in [6, 6.07) is 13.2. The zero-order chi connectivity index (χ0) is 20.4. The summed E-state index contributed by atoms with van der Waals surface area (Å²) in [4.78, 5) is 37.4. The molecule has 2 atom stereocenters. The first-order valence-electron chi connectivity index (χ1n) is 9.66. The number of nitrogens with one attached hydrogen (secondary N) is 1. The molecule has 1 aromatic heterocycles. The van der Waals surface area contributed by atoms with Crippen molar-refractivity contribution in [2.24, 2.45) is 5.92 Å². The number of pyridine rings is 1. The fourth-order valence-electron chi connectivity index (χ4n) is 4.02. The summed E-state index contributed by atoms with van der Waals surface area (Å²) in [5, 5.41) is 13.3. The second-order valence-corrected chi connectivity index (χ2v) is 7.31. The van der Waals surface area contributed by atoms with Gasteiger partial charge in [0.15, 0.2) is 5.43 Å². The molecule has 2 unspecified atom stereocenters. The average molecular weight is 394 g/mol. The second kappa shape index (κ2) is 8.05. The van der Waals surface area contributed by atoms with Gasteiger partial charge in [-0.1, -0.05) is 24.3 Å². The predicted octanol–water partition coefficient (Wildman–Crippen LogP) is 2.15. The van der Waals surface area contributed by atoms with E-state index in [1.807, 2.05) is 12.1 Å². The molecule has 0 spiro atoms. The SMILES string of the molecule is O=C(Cn1c2ccccc2c(=O)c2ccccc21)NC(C(=O)O)C1CCCOC1. The van der Waals surface area contributed by atoms with Crippen LogP contribution in [0, 0.1) is 5.92 Å². The van der Waals surface area contributed by atoms with Gasteiger partial charge in [-0.05, 0) is 37.1 Å². The van der Waals surface area contributed by atoms with Crippen LogP contribution in [0.15, 0.2) is 53.3 Å². The summed E-state index contributed by atoms with van der Waals surface area (Å²) < 4.78 is 7.15. The normalized spacial score (nSPS) is 17.9. The van der Waals surface area contributed by atoms with Crippen LogP contribution in [0.4, 0.5) is 0 Å². The van der Waals surface area contributed by atoms with Crippen molar-refractivity contribution in [3.05, 3.63) is 58.8 Å². The molecule has 1 fully saturated rings. The van der Waals surface area contributed by atoms with Gasteiger partial charge in [-0.2, -0.15) is 0 Å². The predicted molar refractivity (Wildman–Crippen MR) is 109 cm³/mol. The topological polar surface area (TPSA) is 97.6 Å². The third-order valence-electron chi connectivity index (χ3n) is 5.43. The van der Waals surface area contributed by atoms with Crippen molar-refractivity contribution < 1.29 is 19.4 Å². The van der Waals surface area contributed by atoms with Crippen LogP contribution in [-0.4, -0.2) is 40.8 Å². The molecular formula is C22H22N2O5. The van der Waals surface area contributed by atoms with Crippen molar-refractivity contribution in [1.29, 1.82) is 0 Å². The number of amides is 1. The zero-order valence-corrected chi connectivity index (χ0v) is 15.8. The van der Waals surface area contributed by atoms with Gasteiger partial charge in [0.1, 0.15) is 12.6 Å². The van der Waals surface area contributed by atoms with Gasteiger partial charge in [0.25, 0.3) is 0 Å². The minimum Gasteiger partial charge on any atom is -0.480 e. The Hall–Kier alpha value is -3.19. The maximum atomic E-state index is 12.8. The molecule has 7 heteroatoms. The second-order valence-electron chi connectivity index (χ2n) is 7.31. The molecule has 3 aromatic rings. The molecule has 0 radical (unpaired) electrons. The molecule has 0 saturated carbocycles. The van der Waals surface area contributed by atoms with Gasteiger partial charge in [-0.25, -0.2) is 4.79 Å². The van der Waals surface area contributed by atoms with E-state index in [9.17, 15) is 19.5 Å². The molecule has 4 rings (SSSR count). The van der Waals surface area contributed by atoms with Crippen LogP contribution in [0.5, 0.6) is 0 Å². The number of rotatable bonds is 5. The van der Waals surface area contributed by atoms with E-state index < -0.39 is 17.9 Å². The Kier molecular flexibility index (Phi) is 5.31. The first-order valence-corrected chi connectivity index (χ1v) is 9.66. The molecule has 7 nitrogen and oxygen atoms in total. The van der Waals surface area contributed by atoms with E-state index in [-0.39, 0.29) is 17.9 Å². The fraction of sp³-hybridized carbons (Fsp3) is 0.318. The Morgan fingerprint density at radius 2 is 1.72 bits per heavy atom. The van der Waals surface area contributed by atoms with Crippen molar-refractivity contribution in [2.45, 2.75) is 25.4 Å². The third kappa shape index (κ3) is 3.73. The first-order chi connectivity index (χ1) is 14.1. The van der Waals surface area contributed by atoms with E-state index >= 15 is 0 Å². The molecule has 2 heterocycles. The molecule has 1 aliphatic heterocycles. The standard InChI is InChI=1S/C22H22N2O5/c25-19(23-20(22(27)28)14-6-5-11-29-13-14)12-24-17-9-3-1-7-15(17)21(26)16-8-2-4-10-18(16)24/h1-4,7-10,14,20H,5-6,11-13H2,(H,23,25)(H,27,28). The van der Waals surface area contributed by atoms with Crippen molar-refractivity contribution >= 4 is 33.7 Å². The highest BCUT2D eigenvalue weighted by atomic mass is 16.5. The molecule has 1 aliphatic rings. The highest BCUT2D eigenvalue weighted by Crippen LogP contribution is 2.20. The number of aromatic nitrogens is 1. The number of fused-ring (bicyclic) bond motifs is 2. The maximum Gasteiger partial charge on any atom is 0.326 e. The van der Waals surface area contributed by atoms with Crippen LogP contribution in [-0.2, 0) is 20.9 Å². The molecule has 1 saturated heterocycles. The maximum absolute atomic E-state index is 12.8. The van der Waals surface area contributed by atoms with E-state index in [1.165, 1.54) is 0 Å². The van der Waals surface area contributed by atoms with Crippen molar-refractivity contribution in [3.63, 3.8) is 0 Å². The summed E-state index contributed by atoms with van der Waals surface area (Å²) in [5.41, 5.74) is 1.19. The third-order valence-corrected chi connectivity index (χ3v) is 5.43. The molecule has 2 N–H and O–H groups in total. The summed E-state index contributed by atoms with van der Waals surface area (Å²) in [7, 11) is 0. The highest BCUT2D eigenvalue weighted by molar-refractivity contribution is 5.95. The van der Waals surface area contributed by atoms with Crippen LogP contribution in [0.1, 0.15) is 12.8 Å². The quantitative estimate of drug-likeness (QED) is 0.646. The number of carboxylic acid groups (broad SMARTS) is 1. The molecule has 150 valence electrons. The molecular weight excluding hydrogens is 372 g/mol. The van der Waals surface area contributed by atoms with Crippen molar-refractivity contribution in [3.8, 4) is 0 Å². The van der Waals surface area contributed by atoms with E-state index in [1.54, 1.807) is 41.0 Å². The largest absolute Gasteiger partial charge is 0.480 e. The smallest absolute Gasteiger partial charge is 0.326 e. The van der Waals surface area contributed by atoms with E-state index in [2.05, 4.69) is 5.32 Å². The Labute approximate surface area is 166 Å². The Balaban J connectivity index is 1.69. The van der Waals surface area contributed by atoms with Gasteiger partial charge in [0.05, 0.1) is 17.6 Å². The van der Waals surface area contributed by atoms with E-state index in [4.69, 9.17) is 4.74 Å². The number of carbonyl (C=O) groups excluding carboxylic acids is 1. The number of para-hydroxylation sites is 2. The summed E-state index contributed by atoms with van der Waals surface area (Å²) >= 11 is 0. The van der Waals surface area contributed by atoms with Crippen LogP contribution in [0.2, 0.25) is 0 Å². The number of carboxylic acids is 1. The van der Waals surface area contributed by atoms with Crippen LogP contribution in [0.25, 0.3) is 21.8 Å².